The molecule has 223 valence electrons. The van der Waals surface area contributed by atoms with Crippen LogP contribution < -0.4 is 5.19 Å². The Morgan fingerprint density at radius 2 is 1.70 bits per heavy atom. The Morgan fingerprint density at radius 3 is 2.37 bits per heavy atom. The first kappa shape index (κ1) is 28.4. The van der Waals surface area contributed by atoms with Crippen LogP contribution in [0.4, 0.5) is 0 Å². The van der Waals surface area contributed by atoms with Crippen molar-refractivity contribution in [2.45, 2.75) is 65.5 Å². The van der Waals surface area contributed by atoms with Crippen molar-refractivity contribution in [2.75, 3.05) is 0 Å². The molecule has 5 heteroatoms. The van der Waals surface area contributed by atoms with Gasteiger partial charge in [0.25, 0.3) is 0 Å². The van der Waals surface area contributed by atoms with Crippen LogP contribution in [0.15, 0.2) is 95.7 Å². The number of aromatic nitrogens is 2. The smallest absolute Gasteiger partial charge is 0.120 e. The van der Waals surface area contributed by atoms with E-state index in [2.05, 4.69) is 87.0 Å². The van der Waals surface area contributed by atoms with Gasteiger partial charge in [-0.25, -0.2) is 0 Å². The minimum Gasteiger partial charge on any atom is -0.501 e. The topological polar surface area (TPSA) is 38.9 Å². The molecule has 0 fully saturated rings. The van der Waals surface area contributed by atoms with E-state index in [9.17, 15) is 0 Å². The maximum Gasteiger partial charge on any atom is 0.120 e. The Bertz CT molecular complexity index is 1880. The van der Waals surface area contributed by atoms with Crippen molar-refractivity contribution in [2.24, 2.45) is 0 Å². The number of furan rings is 1. The minimum absolute atomic E-state index is 0. The summed E-state index contributed by atoms with van der Waals surface area (Å²) in [6.45, 7) is 9.53. The van der Waals surface area contributed by atoms with E-state index in [4.69, 9.17) is 13.5 Å². The molecule has 0 aliphatic carbocycles. The molecule has 0 amide bonds. The number of aryl methyl sites for hydroxylation is 1. The monoisotopic (exact) mass is 764 g/mol. The van der Waals surface area contributed by atoms with Crippen LogP contribution in [0.1, 0.15) is 54.3 Å². The number of nitrogens with zero attached hydrogens (tertiary/aromatic N) is 2. The number of hydrogen-bond donors (Lipinski definition) is 0. The molecule has 0 N–H and O–H groups in total. The Labute approximate surface area is 275 Å². The third kappa shape index (κ3) is 7.41. The van der Waals surface area contributed by atoms with Crippen LogP contribution >= 0.6 is 0 Å². The fourth-order valence-electron chi connectivity index (χ4n) is 5.44. The van der Waals surface area contributed by atoms with Gasteiger partial charge >= 0.3 is 0 Å². The molecule has 0 bridgehead atoms. The zero-order valence-electron chi connectivity index (χ0n) is 28.5. The Morgan fingerprint density at radius 1 is 0.860 bits per heavy atom. The molecule has 3 aromatic carbocycles. The first-order valence-electron chi connectivity index (χ1n) is 16.3. The molecule has 3 heterocycles. The summed E-state index contributed by atoms with van der Waals surface area (Å²) in [6.07, 6.45) is 6.88. The molecule has 1 atom stereocenters. The van der Waals surface area contributed by atoms with Gasteiger partial charge in [-0.1, -0.05) is 92.8 Å². The van der Waals surface area contributed by atoms with Crippen molar-refractivity contribution in [1.29, 1.82) is 0 Å². The van der Waals surface area contributed by atoms with Crippen molar-refractivity contribution in [1.82, 2.24) is 9.97 Å². The Hall–Kier alpha value is -3.37. The number of rotatable bonds is 7. The molecular weight excluding hydrogens is 721 g/mol. The van der Waals surface area contributed by atoms with Gasteiger partial charge in [-0.3, -0.25) is 0 Å². The van der Waals surface area contributed by atoms with E-state index < -0.39 is 14.9 Å². The Balaban J connectivity index is 0.000000240. The predicted molar refractivity (Wildman–Crippen MR) is 180 cm³/mol. The van der Waals surface area contributed by atoms with E-state index in [-0.39, 0.29) is 25.7 Å². The quantitative estimate of drug-likeness (QED) is 0.120. The van der Waals surface area contributed by atoms with E-state index in [1.54, 1.807) is 18.2 Å². The van der Waals surface area contributed by atoms with E-state index in [0.29, 0.717) is 5.92 Å². The van der Waals surface area contributed by atoms with Crippen molar-refractivity contribution >= 4 is 35.2 Å². The molecule has 6 aromatic rings. The summed E-state index contributed by atoms with van der Waals surface area (Å²) in [5.41, 5.74) is 7.08. The van der Waals surface area contributed by atoms with Gasteiger partial charge in [0.2, 0.25) is 0 Å². The fraction of sp³-hybridized carbons (Fsp3) is 0.263. The third-order valence-electron chi connectivity index (χ3n) is 7.66. The maximum absolute atomic E-state index is 7.23. The average molecular weight is 764 g/mol. The molecule has 1 radical (unpaired) electrons. The third-order valence-corrected chi connectivity index (χ3v) is 9.67. The number of benzene rings is 3. The molecule has 3 nitrogen and oxygen atoms in total. The first-order valence-corrected chi connectivity index (χ1v) is 18.3. The second-order valence-electron chi connectivity index (χ2n) is 11.7. The minimum atomic E-state index is -2.09. The molecule has 43 heavy (non-hydrogen) atoms. The number of fused-ring (bicyclic) bond motifs is 3. The zero-order chi connectivity index (χ0) is 32.2. The summed E-state index contributed by atoms with van der Waals surface area (Å²) in [5, 5.41) is 3.72. The van der Waals surface area contributed by atoms with Crippen LogP contribution in [-0.4, -0.2) is 18.0 Å². The largest absolute Gasteiger partial charge is 0.501 e. The van der Waals surface area contributed by atoms with Crippen LogP contribution in [0.3, 0.4) is 0 Å². The van der Waals surface area contributed by atoms with Gasteiger partial charge < -0.3 is 14.4 Å². The van der Waals surface area contributed by atoms with Gasteiger partial charge in [0.15, 0.2) is 0 Å². The number of pyridine rings is 2. The van der Waals surface area contributed by atoms with Crippen LogP contribution in [-0.2, 0) is 20.1 Å². The molecular formula is C38H40IrN2OSi-2. The molecule has 0 saturated carbocycles. The standard InChI is InChI=1S/C26H30NOSi.C12H10N.Ir/c1-6-10-18(7-2)19-15-16-27-23(17-19)22-13-8-11-20-21-12-9-14-24(29(3,4)5)26(21)28-25(20)22;1-10-7-8-12(13-9-10)11-5-3-2-4-6-11;/h8-9,11-12,14-18H,6-7,10H2,1-5H3;2-5,7-9H,1H3;/q2*-1;/i;1D3;. The summed E-state index contributed by atoms with van der Waals surface area (Å²) < 4.78 is 28.2. The van der Waals surface area contributed by atoms with Gasteiger partial charge in [-0.05, 0) is 53.8 Å². The SMILES string of the molecule is CCCC(CC)c1ccnc(-c2[c-]ccc3c2oc2c([Si](C)(C)C)cccc23)c1.[2H]C([2H])([2H])c1ccc(-c2[c-]cccc2)nc1.[Ir]. The second-order valence-corrected chi connectivity index (χ2v) is 16.7. The normalized spacial score (nSPS) is 13.3. The van der Waals surface area contributed by atoms with E-state index in [0.717, 1.165) is 45.5 Å². The van der Waals surface area contributed by atoms with Crippen LogP contribution in [0.5, 0.6) is 0 Å². The van der Waals surface area contributed by atoms with Crippen molar-refractivity contribution in [3.05, 3.63) is 115 Å². The number of hydrogen-bond acceptors (Lipinski definition) is 3. The number of para-hydroxylation sites is 1. The van der Waals surface area contributed by atoms with Crippen molar-refractivity contribution in [3.8, 4) is 22.5 Å². The van der Waals surface area contributed by atoms with Gasteiger partial charge in [0.1, 0.15) is 5.58 Å². The average Bonchev–Trinajstić information content (AvgIpc) is 3.43. The molecule has 6 rings (SSSR count). The Kier molecular flexibility index (Phi) is 9.51. The molecule has 1 unspecified atom stereocenters. The molecule has 0 spiro atoms. The predicted octanol–water partition coefficient (Wildman–Crippen LogP) is 10.1. The van der Waals surface area contributed by atoms with Gasteiger partial charge in [-0.2, -0.15) is 0 Å². The van der Waals surface area contributed by atoms with E-state index in [1.807, 2.05) is 30.5 Å². The zero-order valence-corrected chi connectivity index (χ0v) is 28.9. The molecule has 3 aromatic heterocycles. The van der Waals surface area contributed by atoms with Gasteiger partial charge in [-0.15, -0.1) is 54.1 Å². The van der Waals surface area contributed by atoms with Crippen LogP contribution in [0.25, 0.3) is 44.5 Å². The van der Waals surface area contributed by atoms with Crippen LogP contribution in [0.2, 0.25) is 19.6 Å². The fourth-order valence-corrected chi connectivity index (χ4v) is 6.91. The van der Waals surface area contributed by atoms with Gasteiger partial charge in [0.05, 0.1) is 13.7 Å². The van der Waals surface area contributed by atoms with Crippen molar-refractivity contribution in [3.63, 3.8) is 0 Å². The summed E-state index contributed by atoms with van der Waals surface area (Å²) >= 11 is 0. The first-order chi connectivity index (χ1) is 21.5. The van der Waals surface area contributed by atoms with E-state index >= 15 is 0 Å². The molecule has 0 aliphatic rings. The summed E-state index contributed by atoms with van der Waals surface area (Å²) in [7, 11) is -1.51. The molecule has 0 aliphatic heterocycles. The summed E-state index contributed by atoms with van der Waals surface area (Å²) in [6, 6.07) is 32.3. The van der Waals surface area contributed by atoms with Gasteiger partial charge in [0, 0.05) is 42.0 Å². The summed E-state index contributed by atoms with van der Waals surface area (Å²) in [5.74, 6) is 0.579. The summed E-state index contributed by atoms with van der Waals surface area (Å²) in [4.78, 5) is 8.82. The second kappa shape index (κ2) is 14.4. The van der Waals surface area contributed by atoms with Crippen LogP contribution in [0, 0.1) is 19.0 Å². The van der Waals surface area contributed by atoms with E-state index in [1.165, 1.54) is 35.2 Å². The maximum atomic E-state index is 7.23. The van der Waals surface area contributed by atoms with Crippen molar-refractivity contribution < 1.29 is 28.6 Å². The molecule has 0 saturated heterocycles.